The number of nitriles is 1. The van der Waals surface area contributed by atoms with Gasteiger partial charge in [0.05, 0.1) is 15.2 Å². The van der Waals surface area contributed by atoms with E-state index in [1.54, 1.807) is 11.8 Å². The van der Waals surface area contributed by atoms with E-state index in [1.165, 1.54) is 6.21 Å². The summed E-state index contributed by atoms with van der Waals surface area (Å²) in [4.78, 5) is 14.7. The van der Waals surface area contributed by atoms with Crippen molar-refractivity contribution in [1.82, 2.24) is 4.90 Å². The van der Waals surface area contributed by atoms with E-state index in [-0.39, 0.29) is 0 Å². The van der Waals surface area contributed by atoms with Crippen molar-refractivity contribution < 1.29 is 0 Å². The predicted octanol–water partition coefficient (Wildman–Crippen LogP) is 2.79. The summed E-state index contributed by atoms with van der Waals surface area (Å²) in [6, 6.07) is 2.10. The van der Waals surface area contributed by atoms with E-state index in [2.05, 4.69) is 52.9 Å². The molecule has 0 aliphatic carbocycles. The van der Waals surface area contributed by atoms with Crippen molar-refractivity contribution >= 4 is 49.7 Å². The molecule has 3 rings (SSSR count). The van der Waals surface area contributed by atoms with Crippen LogP contribution in [0.15, 0.2) is 47.2 Å². The molecule has 0 aromatic heterocycles. The van der Waals surface area contributed by atoms with Crippen LogP contribution in [0.3, 0.4) is 0 Å². The fourth-order valence-electron chi connectivity index (χ4n) is 1.80. The molecule has 0 N–H and O–H groups in total. The first-order valence-corrected chi connectivity index (χ1v) is 6.60. The van der Waals surface area contributed by atoms with Crippen LogP contribution in [-0.4, -0.2) is 22.8 Å². The van der Waals surface area contributed by atoms with Gasteiger partial charge in [-0.15, -0.1) is 0 Å². The van der Waals surface area contributed by atoms with Crippen LogP contribution in [0.5, 0.6) is 0 Å². The van der Waals surface area contributed by atoms with E-state index in [0.29, 0.717) is 28.9 Å². The first kappa shape index (κ1) is 11.6. The number of hydrogen-bond acceptors (Lipinski definition) is 5. The molecule has 0 spiro atoms. The third-order valence-electron chi connectivity index (χ3n) is 2.53. The largest absolute Gasteiger partial charge is 0.259 e. The van der Waals surface area contributed by atoms with Gasteiger partial charge >= 0.3 is 0 Å². The molecular formula is C11H5Br2N5. The highest BCUT2D eigenvalue weighted by atomic mass is 79.9. The van der Waals surface area contributed by atoms with Gasteiger partial charge < -0.3 is 0 Å². The minimum absolute atomic E-state index is 0.424. The van der Waals surface area contributed by atoms with E-state index in [1.807, 2.05) is 6.08 Å². The maximum Gasteiger partial charge on any atom is 0.161 e. The summed E-state index contributed by atoms with van der Waals surface area (Å²) < 4.78 is 1.63. The van der Waals surface area contributed by atoms with Crippen LogP contribution in [-0.2, 0) is 0 Å². The van der Waals surface area contributed by atoms with Crippen molar-refractivity contribution in [2.45, 2.75) is 6.92 Å². The number of nitrogens with zero attached hydrogens (tertiary/aromatic N) is 5. The molecule has 7 heteroatoms. The zero-order valence-electron chi connectivity index (χ0n) is 9.15. The molecule has 5 nitrogen and oxygen atoms in total. The second-order valence-electron chi connectivity index (χ2n) is 3.70. The minimum atomic E-state index is 0.424. The molecule has 0 bridgehead atoms. The molecule has 3 aliphatic heterocycles. The van der Waals surface area contributed by atoms with Gasteiger partial charge in [0.15, 0.2) is 17.5 Å². The minimum Gasteiger partial charge on any atom is -0.259 e. The molecule has 0 atom stereocenters. The Morgan fingerprint density at radius 1 is 1.28 bits per heavy atom. The van der Waals surface area contributed by atoms with Gasteiger partial charge in [-0.1, -0.05) is 0 Å². The maximum atomic E-state index is 9.12. The number of allylic oxidation sites excluding steroid dienone is 3. The first-order valence-electron chi connectivity index (χ1n) is 5.01. The highest BCUT2D eigenvalue weighted by molar-refractivity contribution is 9.12. The Morgan fingerprint density at radius 3 is 2.78 bits per heavy atom. The molecule has 0 aromatic rings. The molecule has 0 aromatic carbocycles. The Kier molecular flexibility index (Phi) is 2.57. The topological polar surface area (TPSA) is 64.1 Å². The molecular weight excluding hydrogens is 362 g/mol. The fraction of sp³-hybridized carbons (Fsp3) is 0.0909. The Hall–Kier alpha value is -1.52. The second-order valence-corrected chi connectivity index (χ2v) is 5.41. The lowest BCUT2D eigenvalue weighted by Gasteiger charge is -2.34. The maximum absolute atomic E-state index is 9.12. The Bertz CT molecular complexity index is 685. The van der Waals surface area contributed by atoms with E-state index in [0.717, 1.165) is 8.96 Å². The van der Waals surface area contributed by atoms with Gasteiger partial charge in [-0.05, 0) is 44.9 Å². The molecule has 0 unspecified atom stereocenters. The standard InChI is InChI=1S/C11H5Br2N5/c1-5-16-9-6(3-14)4-15-10-7(12)2-8(13)11(17-5)18(9)10/h2,4H,1H3. The number of rotatable bonds is 0. The zero-order chi connectivity index (χ0) is 12.9. The monoisotopic (exact) mass is 365 g/mol. The lowest BCUT2D eigenvalue weighted by Crippen LogP contribution is -2.37. The zero-order valence-corrected chi connectivity index (χ0v) is 12.3. The SMILES string of the molecule is CC1=NC2=C(C#N)C=NC3=C(Br)C=C(Br)C(=N1)N32. The molecule has 18 heavy (non-hydrogen) atoms. The van der Waals surface area contributed by atoms with E-state index >= 15 is 0 Å². The molecule has 3 heterocycles. The number of aliphatic imine (C=N–C) groups is 3. The highest BCUT2D eigenvalue weighted by Gasteiger charge is 2.34. The van der Waals surface area contributed by atoms with Gasteiger partial charge in [0.25, 0.3) is 0 Å². The molecule has 3 aliphatic rings. The summed E-state index contributed by atoms with van der Waals surface area (Å²) >= 11 is 6.90. The van der Waals surface area contributed by atoms with Crippen LogP contribution < -0.4 is 0 Å². The normalized spacial score (nSPS) is 21.2. The van der Waals surface area contributed by atoms with Crippen LogP contribution in [0.2, 0.25) is 0 Å². The lowest BCUT2D eigenvalue weighted by atomic mass is 10.2. The van der Waals surface area contributed by atoms with Crippen LogP contribution in [0.1, 0.15) is 6.92 Å². The molecule has 0 amide bonds. The van der Waals surface area contributed by atoms with Crippen LogP contribution in [0, 0.1) is 11.3 Å². The molecule has 0 saturated carbocycles. The number of hydrogen-bond donors (Lipinski definition) is 0. The summed E-state index contributed by atoms with van der Waals surface area (Å²) in [6.45, 7) is 1.80. The van der Waals surface area contributed by atoms with Crippen LogP contribution in [0.25, 0.3) is 0 Å². The third-order valence-corrected chi connectivity index (χ3v) is 3.70. The van der Waals surface area contributed by atoms with Crippen molar-refractivity contribution in [3.63, 3.8) is 0 Å². The van der Waals surface area contributed by atoms with Gasteiger partial charge in [-0.2, -0.15) is 5.26 Å². The van der Waals surface area contributed by atoms with Crippen molar-refractivity contribution in [2.75, 3.05) is 0 Å². The van der Waals surface area contributed by atoms with Crippen molar-refractivity contribution in [1.29, 1.82) is 5.26 Å². The van der Waals surface area contributed by atoms with Gasteiger partial charge in [0, 0.05) is 0 Å². The summed E-state index contributed by atoms with van der Waals surface area (Å²) in [5.74, 6) is 2.55. The fourth-order valence-corrected chi connectivity index (χ4v) is 3.11. The molecule has 0 fully saturated rings. The van der Waals surface area contributed by atoms with E-state index < -0.39 is 0 Å². The van der Waals surface area contributed by atoms with Crippen LogP contribution >= 0.6 is 31.9 Å². The van der Waals surface area contributed by atoms with Crippen LogP contribution in [0.4, 0.5) is 0 Å². The van der Waals surface area contributed by atoms with E-state index in [9.17, 15) is 0 Å². The molecule has 0 radical (unpaired) electrons. The van der Waals surface area contributed by atoms with Gasteiger partial charge in [-0.3, -0.25) is 4.90 Å². The summed E-state index contributed by atoms with van der Waals surface area (Å²) in [5, 5.41) is 9.12. The van der Waals surface area contributed by atoms with Crippen molar-refractivity contribution in [3.8, 4) is 6.07 Å². The Morgan fingerprint density at radius 2 is 2.06 bits per heavy atom. The number of halogens is 2. The average molecular weight is 367 g/mol. The lowest BCUT2D eigenvalue weighted by molar-refractivity contribution is 0.595. The summed E-state index contributed by atoms with van der Waals surface area (Å²) in [5.41, 5.74) is 0.424. The summed E-state index contributed by atoms with van der Waals surface area (Å²) in [6.07, 6.45) is 3.41. The Balaban J connectivity index is 2.33. The van der Waals surface area contributed by atoms with Gasteiger partial charge in [-0.25, -0.2) is 15.0 Å². The van der Waals surface area contributed by atoms with Crippen molar-refractivity contribution in [3.05, 3.63) is 32.3 Å². The third kappa shape index (κ3) is 1.53. The smallest absolute Gasteiger partial charge is 0.161 e. The van der Waals surface area contributed by atoms with Crippen molar-refractivity contribution in [2.24, 2.45) is 15.0 Å². The van der Waals surface area contributed by atoms with Gasteiger partial charge in [0.1, 0.15) is 17.5 Å². The molecule has 88 valence electrons. The van der Waals surface area contributed by atoms with Gasteiger partial charge in [0.2, 0.25) is 0 Å². The average Bonchev–Trinajstić information content (AvgIpc) is 2.34. The Labute approximate surface area is 120 Å². The quantitative estimate of drug-likeness (QED) is 0.661. The summed E-state index contributed by atoms with van der Waals surface area (Å²) in [7, 11) is 0. The van der Waals surface area contributed by atoms with E-state index in [4.69, 9.17) is 5.26 Å². The highest BCUT2D eigenvalue weighted by Crippen LogP contribution is 2.37. The predicted molar refractivity (Wildman–Crippen MR) is 76.5 cm³/mol. The number of amidine groups is 2. The first-order chi connectivity index (χ1) is 8.61. The molecule has 0 saturated heterocycles. The second kappa shape index (κ2) is 4.00.